The Bertz CT molecular complexity index is 498. The third kappa shape index (κ3) is 2.74. The number of benzene rings is 1. The van der Waals surface area contributed by atoms with E-state index < -0.39 is 5.60 Å². The van der Waals surface area contributed by atoms with E-state index in [0.29, 0.717) is 18.7 Å². The molecule has 18 heavy (non-hydrogen) atoms. The van der Waals surface area contributed by atoms with Crippen molar-refractivity contribution in [2.24, 2.45) is 7.05 Å². The average molecular weight is 265 g/mol. The zero-order valence-corrected chi connectivity index (χ0v) is 11.1. The number of hydrogen-bond donors (Lipinski definition) is 1. The Morgan fingerprint density at radius 3 is 2.61 bits per heavy atom. The summed E-state index contributed by atoms with van der Waals surface area (Å²) in [7, 11) is 1.93. The van der Waals surface area contributed by atoms with Gasteiger partial charge in [-0.25, -0.2) is 4.98 Å². The molecule has 0 spiro atoms. The fraction of sp³-hybridized carbons (Fsp3) is 0.357. The first-order valence-electron chi connectivity index (χ1n) is 5.96. The van der Waals surface area contributed by atoms with Gasteiger partial charge in [0, 0.05) is 31.7 Å². The van der Waals surface area contributed by atoms with Crippen molar-refractivity contribution in [3.05, 3.63) is 54.1 Å². The molecule has 1 atom stereocenters. The van der Waals surface area contributed by atoms with Crippen molar-refractivity contribution < 1.29 is 5.11 Å². The predicted octanol–water partition coefficient (Wildman–Crippen LogP) is 2.48. The molecule has 0 aliphatic heterocycles. The standard InChI is InChI=1S/C14H17ClN2O/c1-17-10-9-16-13(17)11-14(18,7-8-15)12-5-3-2-4-6-12/h2-6,9-10,18H,7-8,11H2,1H3. The Balaban J connectivity index is 2.30. The first kappa shape index (κ1) is 13.1. The molecule has 3 nitrogen and oxygen atoms in total. The number of aryl methyl sites for hydroxylation is 1. The SMILES string of the molecule is Cn1ccnc1CC(O)(CCCl)c1ccccc1. The Kier molecular flexibility index (Phi) is 4.04. The molecule has 0 saturated carbocycles. The first-order chi connectivity index (χ1) is 8.65. The molecule has 1 N–H and O–H groups in total. The van der Waals surface area contributed by atoms with Gasteiger partial charge in [-0.3, -0.25) is 0 Å². The molecule has 1 heterocycles. The second kappa shape index (κ2) is 5.55. The number of halogens is 1. The van der Waals surface area contributed by atoms with Gasteiger partial charge in [-0.1, -0.05) is 30.3 Å². The van der Waals surface area contributed by atoms with E-state index in [1.807, 2.05) is 48.1 Å². The summed E-state index contributed by atoms with van der Waals surface area (Å²) in [5, 5.41) is 10.8. The molecule has 1 aromatic carbocycles. The molecule has 2 rings (SSSR count). The van der Waals surface area contributed by atoms with Crippen molar-refractivity contribution in [1.82, 2.24) is 9.55 Å². The molecule has 0 bridgehead atoms. The van der Waals surface area contributed by atoms with Crippen LogP contribution in [0.2, 0.25) is 0 Å². The van der Waals surface area contributed by atoms with E-state index in [4.69, 9.17) is 11.6 Å². The minimum Gasteiger partial charge on any atom is -0.385 e. The smallest absolute Gasteiger partial charge is 0.111 e. The van der Waals surface area contributed by atoms with Crippen molar-refractivity contribution in [3.8, 4) is 0 Å². The summed E-state index contributed by atoms with van der Waals surface area (Å²) in [5.74, 6) is 1.27. The average Bonchev–Trinajstić information content (AvgIpc) is 2.76. The maximum absolute atomic E-state index is 10.8. The number of aromatic nitrogens is 2. The summed E-state index contributed by atoms with van der Waals surface area (Å²) in [5.41, 5.74) is -0.0732. The molecule has 2 aromatic rings. The molecule has 0 saturated heterocycles. The number of nitrogens with zero attached hydrogens (tertiary/aromatic N) is 2. The minimum absolute atomic E-state index is 0.413. The topological polar surface area (TPSA) is 38.0 Å². The minimum atomic E-state index is -0.956. The van der Waals surface area contributed by atoms with Crippen molar-refractivity contribution in [3.63, 3.8) is 0 Å². The lowest BCUT2D eigenvalue weighted by atomic mass is 9.87. The van der Waals surface area contributed by atoms with E-state index in [2.05, 4.69) is 4.98 Å². The van der Waals surface area contributed by atoms with E-state index in [1.54, 1.807) is 6.20 Å². The van der Waals surface area contributed by atoms with E-state index >= 15 is 0 Å². The van der Waals surface area contributed by atoms with Crippen molar-refractivity contribution in [2.75, 3.05) is 5.88 Å². The Labute approximate surface area is 112 Å². The van der Waals surface area contributed by atoms with Crippen LogP contribution in [0.5, 0.6) is 0 Å². The van der Waals surface area contributed by atoms with Crippen LogP contribution in [-0.2, 0) is 19.1 Å². The van der Waals surface area contributed by atoms with Gasteiger partial charge >= 0.3 is 0 Å². The van der Waals surface area contributed by atoms with Crippen LogP contribution in [0.4, 0.5) is 0 Å². The highest BCUT2D eigenvalue weighted by Gasteiger charge is 2.30. The van der Waals surface area contributed by atoms with Crippen molar-refractivity contribution in [2.45, 2.75) is 18.4 Å². The van der Waals surface area contributed by atoms with Crippen LogP contribution in [0.15, 0.2) is 42.7 Å². The van der Waals surface area contributed by atoms with Crippen LogP contribution in [0, 0.1) is 0 Å². The molecule has 1 unspecified atom stereocenters. The summed E-state index contributed by atoms with van der Waals surface area (Å²) in [6.07, 6.45) is 4.58. The zero-order chi connectivity index (χ0) is 13.0. The van der Waals surface area contributed by atoms with Crippen molar-refractivity contribution in [1.29, 1.82) is 0 Å². The van der Waals surface area contributed by atoms with E-state index in [9.17, 15) is 5.11 Å². The molecular weight excluding hydrogens is 248 g/mol. The number of hydrogen-bond acceptors (Lipinski definition) is 2. The number of alkyl halides is 1. The van der Waals surface area contributed by atoms with E-state index in [-0.39, 0.29) is 0 Å². The van der Waals surface area contributed by atoms with Crippen LogP contribution >= 0.6 is 11.6 Å². The second-order valence-corrected chi connectivity index (χ2v) is 4.85. The van der Waals surface area contributed by atoms with Gasteiger partial charge in [-0.2, -0.15) is 0 Å². The lowest BCUT2D eigenvalue weighted by molar-refractivity contribution is 0.0310. The molecule has 0 aliphatic carbocycles. The van der Waals surface area contributed by atoms with Gasteiger partial charge in [0.1, 0.15) is 5.82 Å². The monoisotopic (exact) mass is 264 g/mol. The lowest BCUT2D eigenvalue weighted by Crippen LogP contribution is -2.30. The van der Waals surface area contributed by atoms with Gasteiger partial charge in [-0.05, 0) is 12.0 Å². The molecule has 0 radical (unpaired) electrons. The summed E-state index contributed by atoms with van der Waals surface area (Å²) < 4.78 is 1.92. The van der Waals surface area contributed by atoms with E-state index in [0.717, 1.165) is 11.4 Å². The maximum atomic E-state index is 10.8. The number of rotatable bonds is 5. The highest BCUT2D eigenvalue weighted by Crippen LogP contribution is 2.29. The summed E-state index contributed by atoms with van der Waals surface area (Å²) >= 11 is 5.83. The second-order valence-electron chi connectivity index (χ2n) is 4.47. The van der Waals surface area contributed by atoms with Crippen LogP contribution in [0.1, 0.15) is 17.8 Å². The Morgan fingerprint density at radius 1 is 1.33 bits per heavy atom. The molecule has 0 aliphatic rings. The van der Waals surface area contributed by atoms with Gasteiger partial charge in [0.15, 0.2) is 0 Å². The van der Waals surface area contributed by atoms with Crippen LogP contribution in [0.3, 0.4) is 0 Å². The van der Waals surface area contributed by atoms with Crippen LogP contribution in [-0.4, -0.2) is 20.5 Å². The summed E-state index contributed by atoms with van der Waals surface area (Å²) in [6, 6.07) is 9.64. The normalized spacial score (nSPS) is 14.4. The third-order valence-electron chi connectivity index (χ3n) is 3.19. The molecular formula is C14H17ClN2O. The third-order valence-corrected chi connectivity index (χ3v) is 3.38. The van der Waals surface area contributed by atoms with E-state index in [1.165, 1.54) is 0 Å². The number of imidazole rings is 1. The summed E-state index contributed by atoms with van der Waals surface area (Å²) in [6.45, 7) is 0. The maximum Gasteiger partial charge on any atom is 0.111 e. The fourth-order valence-corrected chi connectivity index (χ4v) is 2.38. The zero-order valence-electron chi connectivity index (χ0n) is 10.4. The van der Waals surface area contributed by atoms with Gasteiger partial charge in [0.05, 0.1) is 5.60 Å². The molecule has 0 amide bonds. The largest absolute Gasteiger partial charge is 0.385 e. The highest BCUT2D eigenvalue weighted by atomic mass is 35.5. The Morgan fingerprint density at radius 2 is 2.06 bits per heavy atom. The van der Waals surface area contributed by atoms with Crippen LogP contribution < -0.4 is 0 Å². The van der Waals surface area contributed by atoms with Crippen LogP contribution in [0.25, 0.3) is 0 Å². The lowest BCUT2D eigenvalue weighted by Gasteiger charge is -2.27. The quantitative estimate of drug-likeness (QED) is 0.843. The molecule has 96 valence electrons. The van der Waals surface area contributed by atoms with Gasteiger partial charge in [-0.15, -0.1) is 11.6 Å². The van der Waals surface area contributed by atoms with Gasteiger partial charge in [0.25, 0.3) is 0 Å². The fourth-order valence-electron chi connectivity index (χ4n) is 2.07. The molecule has 0 fully saturated rings. The van der Waals surface area contributed by atoms with Crippen molar-refractivity contribution >= 4 is 11.6 Å². The first-order valence-corrected chi connectivity index (χ1v) is 6.49. The Hall–Kier alpha value is -1.32. The number of aliphatic hydroxyl groups is 1. The van der Waals surface area contributed by atoms with Gasteiger partial charge < -0.3 is 9.67 Å². The predicted molar refractivity (Wildman–Crippen MR) is 72.6 cm³/mol. The van der Waals surface area contributed by atoms with Gasteiger partial charge in [0.2, 0.25) is 0 Å². The molecule has 4 heteroatoms. The highest BCUT2D eigenvalue weighted by molar-refractivity contribution is 6.17. The molecule has 1 aromatic heterocycles. The summed E-state index contributed by atoms with van der Waals surface area (Å²) in [4.78, 5) is 4.27.